The van der Waals surface area contributed by atoms with Crippen molar-refractivity contribution in [2.24, 2.45) is 0 Å². The molecule has 0 radical (unpaired) electrons. The fraction of sp³-hybridized carbons (Fsp3) is 0.348. The Kier molecular flexibility index (Phi) is 8.77. The standard InChI is InChI=1S/C23H25F5N4O3/c1-5-32(6-2)21(34)14-7-8-18(19(25)11-14)13(3)29-22(35)31(4)30-20(33)15-9-16(23(26,27)28)12-17(24)10-15/h7-13H,5-6H2,1-4H3,(H,29,35)(H,30,33)/t13-/m1/s1. The van der Waals surface area contributed by atoms with Gasteiger partial charge in [0.15, 0.2) is 0 Å². The third kappa shape index (κ3) is 6.90. The lowest BCUT2D eigenvalue weighted by molar-refractivity contribution is -0.137. The van der Waals surface area contributed by atoms with E-state index >= 15 is 0 Å². The summed E-state index contributed by atoms with van der Waals surface area (Å²) in [6, 6.07) is 3.30. The Balaban J connectivity index is 2.08. The highest BCUT2D eigenvalue weighted by Crippen LogP contribution is 2.30. The van der Waals surface area contributed by atoms with E-state index in [9.17, 15) is 36.3 Å². The highest BCUT2D eigenvalue weighted by molar-refractivity contribution is 5.95. The molecule has 1 atom stereocenters. The number of alkyl halides is 3. The number of hydrogen-bond donors (Lipinski definition) is 2. The fourth-order valence-electron chi connectivity index (χ4n) is 3.22. The molecule has 0 aliphatic carbocycles. The van der Waals surface area contributed by atoms with Crippen LogP contribution in [0.2, 0.25) is 0 Å². The molecule has 2 aromatic carbocycles. The topological polar surface area (TPSA) is 81.8 Å². The Morgan fingerprint density at radius 3 is 2.14 bits per heavy atom. The zero-order chi connectivity index (χ0) is 26.5. The number of hydrazine groups is 1. The van der Waals surface area contributed by atoms with Crippen LogP contribution in [0, 0.1) is 11.6 Å². The van der Waals surface area contributed by atoms with Crippen molar-refractivity contribution in [3.05, 3.63) is 70.3 Å². The average molecular weight is 500 g/mol. The first-order valence-electron chi connectivity index (χ1n) is 10.6. The minimum Gasteiger partial charge on any atom is -0.339 e. The molecule has 0 aliphatic heterocycles. The first kappa shape index (κ1) is 27.5. The van der Waals surface area contributed by atoms with E-state index in [0.29, 0.717) is 30.2 Å². The van der Waals surface area contributed by atoms with Gasteiger partial charge in [-0.1, -0.05) is 6.07 Å². The number of rotatable bonds is 6. The van der Waals surface area contributed by atoms with Crippen LogP contribution < -0.4 is 10.7 Å². The van der Waals surface area contributed by atoms with Gasteiger partial charge in [0.25, 0.3) is 11.8 Å². The van der Waals surface area contributed by atoms with Gasteiger partial charge in [0.1, 0.15) is 11.6 Å². The predicted molar refractivity (Wildman–Crippen MR) is 117 cm³/mol. The molecule has 35 heavy (non-hydrogen) atoms. The smallest absolute Gasteiger partial charge is 0.339 e. The summed E-state index contributed by atoms with van der Waals surface area (Å²) in [5.74, 6) is -3.51. The number of nitrogens with one attached hydrogen (secondary N) is 2. The van der Waals surface area contributed by atoms with Crippen LogP contribution in [0.25, 0.3) is 0 Å². The monoisotopic (exact) mass is 500 g/mol. The van der Waals surface area contributed by atoms with E-state index < -0.39 is 46.9 Å². The molecule has 190 valence electrons. The zero-order valence-electron chi connectivity index (χ0n) is 19.5. The largest absolute Gasteiger partial charge is 0.416 e. The third-order valence-corrected chi connectivity index (χ3v) is 5.17. The summed E-state index contributed by atoms with van der Waals surface area (Å²) in [7, 11) is 1.10. The van der Waals surface area contributed by atoms with Crippen molar-refractivity contribution in [2.45, 2.75) is 33.0 Å². The normalized spacial score (nSPS) is 12.0. The van der Waals surface area contributed by atoms with Crippen molar-refractivity contribution < 1.29 is 36.3 Å². The van der Waals surface area contributed by atoms with Crippen molar-refractivity contribution in [2.75, 3.05) is 20.1 Å². The van der Waals surface area contributed by atoms with Crippen molar-refractivity contribution in [1.29, 1.82) is 0 Å². The van der Waals surface area contributed by atoms with Gasteiger partial charge in [-0.3, -0.25) is 15.0 Å². The number of urea groups is 1. The maximum Gasteiger partial charge on any atom is 0.416 e. The molecule has 0 saturated carbocycles. The summed E-state index contributed by atoms with van der Waals surface area (Å²) >= 11 is 0. The third-order valence-electron chi connectivity index (χ3n) is 5.17. The van der Waals surface area contributed by atoms with E-state index in [0.717, 1.165) is 13.1 Å². The van der Waals surface area contributed by atoms with Crippen LogP contribution in [0.5, 0.6) is 0 Å². The van der Waals surface area contributed by atoms with Crippen LogP contribution in [0.4, 0.5) is 26.7 Å². The van der Waals surface area contributed by atoms with Crippen LogP contribution in [0.15, 0.2) is 36.4 Å². The van der Waals surface area contributed by atoms with Crippen LogP contribution >= 0.6 is 0 Å². The van der Waals surface area contributed by atoms with Gasteiger partial charge in [-0.2, -0.15) is 13.2 Å². The summed E-state index contributed by atoms with van der Waals surface area (Å²) in [5.41, 5.74) is 0.228. The highest BCUT2D eigenvalue weighted by Gasteiger charge is 2.32. The molecule has 0 aromatic heterocycles. The van der Waals surface area contributed by atoms with Crippen molar-refractivity contribution in [3.63, 3.8) is 0 Å². The highest BCUT2D eigenvalue weighted by atomic mass is 19.4. The number of nitrogens with zero attached hydrogens (tertiary/aromatic N) is 2. The van der Waals surface area contributed by atoms with Crippen LogP contribution in [0.3, 0.4) is 0 Å². The number of benzene rings is 2. The van der Waals surface area contributed by atoms with E-state index in [4.69, 9.17) is 0 Å². The average Bonchev–Trinajstić information content (AvgIpc) is 2.78. The van der Waals surface area contributed by atoms with Crippen molar-refractivity contribution in [3.8, 4) is 0 Å². The minimum absolute atomic E-state index is 0.0640. The van der Waals surface area contributed by atoms with Gasteiger partial charge in [0.05, 0.1) is 11.6 Å². The number of amides is 4. The number of carbonyl (C=O) groups is 3. The lowest BCUT2D eigenvalue weighted by atomic mass is 10.0. The Bertz CT molecular complexity index is 1100. The number of halogens is 5. The van der Waals surface area contributed by atoms with E-state index in [-0.39, 0.29) is 23.1 Å². The molecule has 2 N–H and O–H groups in total. The second-order valence-corrected chi connectivity index (χ2v) is 7.61. The SMILES string of the molecule is CCN(CC)C(=O)c1ccc([C@@H](C)NC(=O)N(C)NC(=O)c2cc(F)cc(C(F)(F)F)c2)c(F)c1. The van der Waals surface area contributed by atoms with E-state index in [2.05, 4.69) is 5.32 Å². The van der Waals surface area contributed by atoms with Gasteiger partial charge in [0, 0.05) is 36.8 Å². The predicted octanol–water partition coefficient (Wildman–Crippen LogP) is 4.51. The van der Waals surface area contributed by atoms with Crippen LogP contribution in [0.1, 0.15) is 58.7 Å². The first-order valence-corrected chi connectivity index (χ1v) is 10.6. The molecule has 0 fully saturated rings. The quantitative estimate of drug-likeness (QED) is 0.452. The maximum absolute atomic E-state index is 14.7. The van der Waals surface area contributed by atoms with E-state index in [1.54, 1.807) is 13.8 Å². The Morgan fingerprint density at radius 2 is 1.60 bits per heavy atom. The van der Waals surface area contributed by atoms with Crippen molar-refractivity contribution >= 4 is 17.8 Å². The molecule has 0 heterocycles. The lowest BCUT2D eigenvalue weighted by Crippen LogP contribution is -2.48. The summed E-state index contributed by atoms with van der Waals surface area (Å²) in [6.07, 6.45) is -4.87. The van der Waals surface area contributed by atoms with Gasteiger partial charge in [-0.15, -0.1) is 0 Å². The summed E-state index contributed by atoms with van der Waals surface area (Å²) in [4.78, 5) is 38.5. The van der Waals surface area contributed by atoms with Gasteiger partial charge in [-0.05, 0) is 51.1 Å². The molecule has 2 aromatic rings. The zero-order valence-corrected chi connectivity index (χ0v) is 19.5. The van der Waals surface area contributed by atoms with E-state index in [1.165, 1.54) is 24.0 Å². The summed E-state index contributed by atoms with van der Waals surface area (Å²) in [6.45, 7) is 5.96. The fourth-order valence-corrected chi connectivity index (χ4v) is 3.22. The van der Waals surface area contributed by atoms with Gasteiger partial charge < -0.3 is 10.2 Å². The molecule has 4 amide bonds. The number of carbonyl (C=O) groups excluding carboxylic acids is 3. The summed E-state index contributed by atoms with van der Waals surface area (Å²) < 4.78 is 66.8. The second-order valence-electron chi connectivity index (χ2n) is 7.61. The Morgan fingerprint density at radius 1 is 0.971 bits per heavy atom. The molecule has 0 bridgehead atoms. The maximum atomic E-state index is 14.7. The van der Waals surface area contributed by atoms with Gasteiger partial charge >= 0.3 is 12.2 Å². The molecule has 0 unspecified atom stereocenters. The molecule has 2 rings (SSSR count). The minimum atomic E-state index is -4.87. The molecular formula is C23H25F5N4O3. The number of hydrogen-bond acceptors (Lipinski definition) is 3. The molecule has 7 nitrogen and oxygen atoms in total. The van der Waals surface area contributed by atoms with Crippen LogP contribution in [-0.2, 0) is 6.18 Å². The Hall–Kier alpha value is -3.70. The van der Waals surface area contributed by atoms with Gasteiger partial charge in [-0.25, -0.2) is 18.6 Å². The summed E-state index contributed by atoms with van der Waals surface area (Å²) in [5, 5.41) is 3.05. The lowest BCUT2D eigenvalue weighted by Gasteiger charge is -2.23. The second kappa shape index (κ2) is 11.2. The van der Waals surface area contributed by atoms with Crippen molar-refractivity contribution in [1.82, 2.24) is 20.7 Å². The first-order chi connectivity index (χ1) is 16.3. The van der Waals surface area contributed by atoms with Gasteiger partial charge in [0.2, 0.25) is 0 Å². The van der Waals surface area contributed by atoms with E-state index in [1.807, 2.05) is 5.43 Å². The molecular weight excluding hydrogens is 475 g/mol. The molecule has 0 spiro atoms. The molecule has 12 heteroatoms. The Labute approximate surface area is 198 Å². The molecule has 0 saturated heterocycles. The van der Waals surface area contributed by atoms with Crippen LogP contribution in [-0.4, -0.2) is 47.9 Å². The molecule has 0 aliphatic rings.